The number of carbonyl (C=O) groups excluding carboxylic acids is 1. The normalized spacial score (nSPS) is 10.8. The summed E-state index contributed by atoms with van der Waals surface area (Å²) in [6.45, 7) is 0. The lowest BCUT2D eigenvalue weighted by atomic mass is 10.1. The average molecular weight is 297 g/mol. The third-order valence-corrected chi connectivity index (χ3v) is 3.42. The molecule has 22 heavy (non-hydrogen) atoms. The van der Waals surface area contributed by atoms with Crippen molar-refractivity contribution >= 4 is 28.4 Å². The zero-order chi connectivity index (χ0) is 15.9. The van der Waals surface area contributed by atoms with Gasteiger partial charge in [-0.3, -0.25) is 4.79 Å². The molecule has 3 rings (SSSR count). The lowest BCUT2D eigenvalue weighted by Gasteiger charge is -2.13. The minimum Gasteiger partial charge on any atom is -0.407 e. The molecule has 2 aromatic carbocycles. The second-order valence-corrected chi connectivity index (χ2v) is 5.18. The van der Waals surface area contributed by atoms with Gasteiger partial charge in [-0.15, -0.1) is 0 Å². The van der Waals surface area contributed by atoms with Crippen LogP contribution in [0.3, 0.4) is 0 Å². The molecule has 112 valence electrons. The van der Waals surface area contributed by atoms with Crippen LogP contribution in [0.2, 0.25) is 0 Å². The average Bonchev–Trinajstić information content (AvgIpc) is 2.81. The predicted octanol–water partition coefficient (Wildman–Crippen LogP) is 1.93. The summed E-state index contributed by atoms with van der Waals surface area (Å²) in [7, 11) is 3.76. The summed E-state index contributed by atoms with van der Waals surface area (Å²) in [5.41, 5.74) is 8.11. The van der Waals surface area contributed by atoms with Crippen LogP contribution in [0.1, 0.15) is 10.4 Å². The quantitative estimate of drug-likeness (QED) is 0.731. The molecular weight excluding hydrogens is 282 g/mol. The van der Waals surface area contributed by atoms with E-state index < -0.39 is 11.7 Å². The first-order valence-corrected chi connectivity index (χ1v) is 6.70. The van der Waals surface area contributed by atoms with E-state index in [0.717, 1.165) is 10.3 Å². The smallest absolute Gasteiger partial charge is 0.407 e. The van der Waals surface area contributed by atoms with Crippen molar-refractivity contribution in [3.05, 3.63) is 58.6 Å². The Kier molecular flexibility index (Phi) is 3.21. The molecule has 0 unspecified atom stereocenters. The van der Waals surface area contributed by atoms with Crippen molar-refractivity contribution in [2.24, 2.45) is 0 Å². The van der Waals surface area contributed by atoms with Crippen molar-refractivity contribution in [3.63, 3.8) is 0 Å². The van der Waals surface area contributed by atoms with Crippen LogP contribution in [-0.4, -0.2) is 24.6 Å². The number of hydrogen-bond donors (Lipinski definition) is 1. The van der Waals surface area contributed by atoms with Crippen LogP contribution >= 0.6 is 0 Å². The van der Waals surface area contributed by atoms with E-state index in [-0.39, 0.29) is 0 Å². The van der Waals surface area contributed by atoms with Crippen LogP contribution in [0.25, 0.3) is 11.1 Å². The third-order valence-electron chi connectivity index (χ3n) is 3.42. The number of nitrogen functional groups attached to an aromatic ring is 1. The Morgan fingerprint density at radius 1 is 1.18 bits per heavy atom. The van der Waals surface area contributed by atoms with Gasteiger partial charge in [-0.25, -0.2) is 9.36 Å². The van der Waals surface area contributed by atoms with E-state index in [1.807, 2.05) is 25.1 Å². The maximum absolute atomic E-state index is 12.7. The highest BCUT2D eigenvalue weighted by Crippen LogP contribution is 2.19. The number of fused-ring (bicyclic) bond motifs is 1. The summed E-state index contributed by atoms with van der Waals surface area (Å²) in [5.74, 6) is -1.15. The van der Waals surface area contributed by atoms with Gasteiger partial charge in [0.2, 0.25) is 0 Å². The van der Waals surface area contributed by atoms with Crippen molar-refractivity contribution in [1.29, 1.82) is 0 Å². The van der Waals surface area contributed by atoms with Gasteiger partial charge in [0, 0.05) is 37.1 Å². The Balaban J connectivity index is 2.15. The van der Waals surface area contributed by atoms with Crippen LogP contribution < -0.4 is 16.4 Å². The molecule has 0 aliphatic heterocycles. The minimum absolute atomic E-state index is 0.294. The molecule has 0 bridgehead atoms. The van der Waals surface area contributed by atoms with Crippen LogP contribution in [-0.2, 0) is 0 Å². The van der Waals surface area contributed by atoms with Gasteiger partial charge in [0.05, 0.1) is 5.52 Å². The summed E-state index contributed by atoms with van der Waals surface area (Å²) in [6.07, 6.45) is 0. The molecule has 0 amide bonds. The van der Waals surface area contributed by atoms with E-state index >= 15 is 0 Å². The topological polar surface area (TPSA) is 81.5 Å². The van der Waals surface area contributed by atoms with E-state index in [1.165, 1.54) is 6.07 Å². The van der Waals surface area contributed by atoms with Crippen molar-refractivity contribution in [2.45, 2.75) is 0 Å². The van der Waals surface area contributed by atoms with E-state index in [2.05, 4.69) is 0 Å². The molecule has 2 N–H and O–H groups in total. The Bertz CT molecular complexity index is 922. The molecule has 0 spiro atoms. The number of carbonyl (C=O) groups is 1. The van der Waals surface area contributed by atoms with Crippen LogP contribution in [0, 0.1) is 0 Å². The first kappa shape index (κ1) is 13.9. The number of rotatable bonds is 2. The molecule has 0 aliphatic rings. The highest BCUT2D eigenvalue weighted by atomic mass is 16.4. The second-order valence-electron chi connectivity index (χ2n) is 5.18. The standard InChI is InChI=1S/C16H15N3O3/c1-18(2)12-5-3-4-10(8-12)15(20)19-13-7-6-11(17)9-14(13)22-16(19)21/h3-9H,17H2,1-2H3. The predicted molar refractivity (Wildman–Crippen MR) is 85.4 cm³/mol. The van der Waals surface area contributed by atoms with Gasteiger partial charge in [-0.1, -0.05) is 6.07 Å². The molecule has 0 radical (unpaired) electrons. The summed E-state index contributed by atoms with van der Waals surface area (Å²) < 4.78 is 6.11. The Hall–Kier alpha value is -3.02. The second kappa shape index (κ2) is 5.07. The minimum atomic E-state index is -0.721. The van der Waals surface area contributed by atoms with Crippen LogP contribution in [0.5, 0.6) is 0 Å². The fourth-order valence-corrected chi connectivity index (χ4v) is 2.27. The third kappa shape index (κ3) is 2.24. The van der Waals surface area contributed by atoms with Gasteiger partial charge in [0.1, 0.15) is 0 Å². The van der Waals surface area contributed by atoms with Crippen LogP contribution in [0.15, 0.2) is 51.7 Å². The first-order valence-electron chi connectivity index (χ1n) is 6.70. The molecule has 3 aromatic rings. The SMILES string of the molecule is CN(C)c1cccc(C(=O)n2c(=O)oc3cc(N)ccc32)c1. The molecule has 1 heterocycles. The van der Waals surface area contributed by atoms with E-state index in [4.69, 9.17) is 10.2 Å². The maximum Gasteiger partial charge on any atom is 0.427 e. The van der Waals surface area contributed by atoms with E-state index in [0.29, 0.717) is 22.4 Å². The fraction of sp³-hybridized carbons (Fsp3) is 0.125. The van der Waals surface area contributed by atoms with Crippen molar-refractivity contribution in [3.8, 4) is 0 Å². The number of hydrogen-bond acceptors (Lipinski definition) is 5. The molecule has 1 aromatic heterocycles. The Morgan fingerprint density at radius 2 is 1.95 bits per heavy atom. The lowest BCUT2D eigenvalue weighted by Crippen LogP contribution is -2.23. The highest BCUT2D eigenvalue weighted by molar-refractivity contribution is 6.01. The molecule has 0 saturated heterocycles. The number of nitrogens with two attached hydrogens (primary N) is 1. The zero-order valence-electron chi connectivity index (χ0n) is 12.2. The molecule has 6 heteroatoms. The Labute approximate surface area is 126 Å². The molecule has 0 atom stereocenters. The molecule has 0 fully saturated rings. The molecule has 6 nitrogen and oxygen atoms in total. The lowest BCUT2D eigenvalue weighted by molar-refractivity contribution is 0.0956. The summed E-state index contributed by atoms with van der Waals surface area (Å²) in [5, 5.41) is 0. The summed E-state index contributed by atoms with van der Waals surface area (Å²) >= 11 is 0. The number of oxazole rings is 1. The van der Waals surface area contributed by atoms with E-state index in [9.17, 15) is 9.59 Å². The van der Waals surface area contributed by atoms with Gasteiger partial charge in [-0.2, -0.15) is 0 Å². The molecule has 0 saturated carbocycles. The van der Waals surface area contributed by atoms with Crippen LogP contribution in [0.4, 0.5) is 11.4 Å². The van der Waals surface area contributed by atoms with Crippen molar-refractivity contribution in [2.75, 3.05) is 24.7 Å². The van der Waals surface area contributed by atoms with Crippen molar-refractivity contribution < 1.29 is 9.21 Å². The van der Waals surface area contributed by atoms with Crippen molar-refractivity contribution in [1.82, 2.24) is 4.57 Å². The summed E-state index contributed by atoms with van der Waals surface area (Å²) in [6, 6.07) is 11.8. The molecular formula is C16H15N3O3. The number of anilines is 2. The number of benzene rings is 2. The number of aromatic nitrogens is 1. The Morgan fingerprint density at radius 3 is 2.68 bits per heavy atom. The fourth-order valence-electron chi connectivity index (χ4n) is 2.27. The first-order chi connectivity index (χ1) is 10.5. The van der Waals surface area contributed by atoms with Gasteiger partial charge in [-0.05, 0) is 30.3 Å². The van der Waals surface area contributed by atoms with Gasteiger partial charge in [0.15, 0.2) is 5.58 Å². The van der Waals surface area contributed by atoms with Gasteiger partial charge < -0.3 is 15.1 Å². The monoisotopic (exact) mass is 297 g/mol. The largest absolute Gasteiger partial charge is 0.427 e. The molecule has 0 aliphatic carbocycles. The highest BCUT2D eigenvalue weighted by Gasteiger charge is 2.18. The number of nitrogens with zero attached hydrogens (tertiary/aromatic N) is 2. The van der Waals surface area contributed by atoms with Gasteiger partial charge >= 0.3 is 5.76 Å². The van der Waals surface area contributed by atoms with E-state index in [1.54, 1.807) is 30.3 Å². The zero-order valence-corrected chi connectivity index (χ0v) is 12.2. The summed E-state index contributed by atoms with van der Waals surface area (Å²) in [4.78, 5) is 26.5. The maximum atomic E-state index is 12.7. The van der Waals surface area contributed by atoms with Gasteiger partial charge in [0.25, 0.3) is 5.91 Å².